The van der Waals surface area contributed by atoms with Crippen molar-refractivity contribution in [1.82, 2.24) is 5.32 Å². The number of carbonyl (C=O) groups excluding carboxylic acids is 1. The number of amides is 1. The molecule has 0 radical (unpaired) electrons. The molecule has 2 N–H and O–H groups in total. The smallest absolute Gasteiger partial charge is 0.251 e. The molecule has 3 nitrogen and oxygen atoms in total. The molecule has 0 bridgehead atoms. The molecule has 0 fully saturated rings. The van der Waals surface area contributed by atoms with E-state index >= 15 is 0 Å². The number of hydrogen-bond donors (Lipinski definition) is 2. The quantitative estimate of drug-likeness (QED) is 0.816. The molecule has 0 aliphatic heterocycles. The first kappa shape index (κ1) is 15.1. The van der Waals surface area contributed by atoms with Gasteiger partial charge in [-0.15, -0.1) is 11.6 Å². The van der Waals surface area contributed by atoms with Crippen LogP contribution in [-0.2, 0) is 0 Å². The second-order valence-electron chi connectivity index (χ2n) is 4.60. The molecule has 0 saturated carbocycles. The number of phenols is 1. The van der Waals surface area contributed by atoms with Gasteiger partial charge in [0.15, 0.2) is 0 Å². The Bertz CT molecular complexity index is 421. The van der Waals surface area contributed by atoms with Crippen LogP contribution in [0.25, 0.3) is 0 Å². The number of aromatic hydroxyl groups is 1. The van der Waals surface area contributed by atoms with Crippen molar-refractivity contribution in [1.29, 1.82) is 0 Å². The van der Waals surface area contributed by atoms with Gasteiger partial charge >= 0.3 is 0 Å². The number of alkyl halides is 1. The number of nitrogens with one attached hydrogen (secondary N) is 1. The summed E-state index contributed by atoms with van der Waals surface area (Å²) in [4.78, 5) is 11.8. The fourth-order valence-corrected chi connectivity index (χ4v) is 2.16. The summed E-state index contributed by atoms with van der Waals surface area (Å²) in [6.07, 6.45) is 0.845. The third kappa shape index (κ3) is 4.75. The van der Waals surface area contributed by atoms with Crippen molar-refractivity contribution >= 4 is 29.1 Å². The molecule has 0 aliphatic carbocycles. The monoisotopic (exact) mass is 289 g/mol. The summed E-state index contributed by atoms with van der Waals surface area (Å²) in [5.74, 6) is 0.210. The zero-order valence-electron chi connectivity index (χ0n) is 10.4. The zero-order valence-corrected chi connectivity index (χ0v) is 11.9. The number of benzene rings is 1. The molecule has 1 unspecified atom stereocenters. The third-order valence-corrected chi connectivity index (χ3v) is 3.06. The van der Waals surface area contributed by atoms with Crippen molar-refractivity contribution in [2.45, 2.75) is 25.6 Å². The van der Waals surface area contributed by atoms with Crippen molar-refractivity contribution in [3.8, 4) is 5.75 Å². The molecule has 18 heavy (non-hydrogen) atoms. The van der Waals surface area contributed by atoms with Crippen LogP contribution >= 0.6 is 23.2 Å². The maximum absolute atomic E-state index is 11.8. The summed E-state index contributed by atoms with van der Waals surface area (Å²) in [6, 6.07) is 4.34. The van der Waals surface area contributed by atoms with E-state index in [0.717, 1.165) is 6.42 Å². The van der Waals surface area contributed by atoms with Crippen LogP contribution in [-0.4, -0.2) is 22.9 Å². The molecule has 100 valence electrons. The number of phenolic OH excluding ortho intramolecular Hbond substituents is 1. The second kappa shape index (κ2) is 6.86. The summed E-state index contributed by atoms with van der Waals surface area (Å²) in [5.41, 5.74) is 0.409. The molecule has 1 aromatic carbocycles. The van der Waals surface area contributed by atoms with Crippen molar-refractivity contribution in [2.24, 2.45) is 5.92 Å². The zero-order chi connectivity index (χ0) is 13.7. The summed E-state index contributed by atoms with van der Waals surface area (Å²) in [7, 11) is 0. The number of rotatable bonds is 5. The molecule has 5 heteroatoms. The lowest BCUT2D eigenvalue weighted by Crippen LogP contribution is -2.30. The van der Waals surface area contributed by atoms with E-state index in [1.807, 2.05) is 0 Å². The highest BCUT2D eigenvalue weighted by Gasteiger charge is 2.11. The van der Waals surface area contributed by atoms with Gasteiger partial charge in [0.25, 0.3) is 5.91 Å². The van der Waals surface area contributed by atoms with Gasteiger partial charge in [-0.2, -0.15) is 0 Å². The van der Waals surface area contributed by atoms with E-state index < -0.39 is 0 Å². The minimum absolute atomic E-state index is 0.0387. The van der Waals surface area contributed by atoms with E-state index in [2.05, 4.69) is 19.2 Å². The minimum atomic E-state index is -0.244. The fraction of sp³-hybridized carbons (Fsp3) is 0.462. The summed E-state index contributed by atoms with van der Waals surface area (Å²) in [6.45, 7) is 4.57. The normalized spacial score (nSPS) is 12.5. The molecule has 0 aromatic heterocycles. The Morgan fingerprint density at radius 1 is 1.44 bits per heavy atom. The maximum atomic E-state index is 11.8. The Labute approximate surface area is 117 Å². The molecule has 1 rings (SSSR count). The standard InChI is InChI=1S/C13H17Cl2NO2/c1-8(2)5-10(14)7-16-13(18)9-3-4-12(17)11(15)6-9/h3-4,6,8,10,17H,5,7H2,1-2H3,(H,16,18). The Morgan fingerprint density at radius 3 is 2.67 bits per heavy atom. The number of hydrogen-bond acceptors (Lipinski definition) is 2. The maximum Gasteiger partial charge on any atom is 0.251 e. The first-order valence-electron chi connectivity index (χ1n) is 5.81. The van der Waals surface area contributed by atoms with Crippen LogP contribution in [0, 0.1) is 5.92 Å². The van der Waals surface area contributed by atoms with Crippen molar-refractivity contribution < 1.29 is 9.90 Å². The molecular formula is C13H17Cl2NO2. The lowest BCUT2D eigenvalue weighted by Gasteiger charge is -2.13. The van der Waals surface area contributed by atoms with Gasteiger partial charge in [0.2, 0.25) is 0 Å². The third-order valence-electron chi connectivity index (χ3n) is 2.42. The first-order valence-corrected chi connectivity index (χ1v) is 6.62. The van der Waals surface area contributed by atoms with Crippen LogP contribution in [0.1, 0.15) is 30.6 Å². The second-order valence-corrected chi connectivity index (χ2v) is 5.63. The van der Waals surface area contributed by atoms with Gasteiger partial charge < -0.3 is 10.4 Å². The number of halogens is 2. The van der Waals surface area contributed by atoms with Crippen LogP contribution in [0.4, 0.5) is 0 Å². The van der Waals surface area contributed by atoms with Crippen LogP contribution in [0.3, 0.4) is 0 Å². The topological polar surface area (TPSA) is 49.3 Å². The van der Waals surface area contributed by atoms with Crippen LogP contribution in [0.5, 0.6) is 5.75 Å². The molecule has 0 heterocycles. The lowest BCUT2D eigenvalue weighted by molar-refractivity contribution is 0.0953. The predicted molar refractivity (Wildman–Crippen MR) is 74.5 cm³/mol. The van der Waals surface area contributed by atoms with Gasteiger partial charge in [0.1, 0.15) is 5.75 Å². The van der Waals surface area contributed by atoms with Gasteiger partial charge in [-0.05, 0) is 30.5 Å². The highest BCUT2D eigenvalue weighted by atomic mass is 35.5. The van der Waals surface area contributed by atoms with E-state index in [4.69, 9.17) is 23.2 Å². The van der Waals surface area contributed by atoms with E-state index in [9.17, 15) is 9.90 Å². The average Bonchev–Trinajstić information content (AvgIpc) is 2.28. The Kier molecular flexibility index (Phi) is 5.76. The SMILES string of the molecule is CC(C)CC(Cl)CNC(=O)c1ccc(O)c(Cl)c1. The molecule has 0 spiro atoms. The molecule has 0 saturated heterocycles. The van der Waals surface area contributed by atoms with Crippen molar-refractivity contribution in [2.75, 3.05) is 6.54 Å². The Balaban J connectivity index is 2.52. The van der Waals surface area contributed by atoms with Gasteiger partial charge in [-0.1, -0.05) is 25.4 Å². The first-order chi connectivity index (χ1) is 8.40. The van der Waals surface area contributed by atoms with Crippen LogP contribution in [0.2, 0.25) is 5.02 Å². The van der Waals surface area contributed by atoms with E-state index in [1.54, 1.807) is 0 Å². The summed E-state index contributed by atoms with van der Waals surface area (Å²) in [5, 5.41) is 12.1. The van der Waals surface area contributed by atoms with Gasteiger partial charge in [0, 0.05) is 12.1 Å². The van der Waals surface area contributed by atoms with Gasteiger partial charge in [0.05, 0.1) is 10.4 Å². The van der Waals surface area contributed by atoms with Crippen molar-refractivity contribution in [3.63, 3.8) is 0 Å². The average molecular weight is 290 g/mol. The molecule has 1 aromatic rings. The van der Waals surface area contributed by atoms with Gasteiger partial charge in [-0.25, -0.2) is 0 Å². The Hall–Kier alpha value is -0.930. The predicted octanol–water partition coefficient (Wildman–Crippen LogP) is 3.43. The lowest BCUT2D eigenvalue weighted by atomic mass is 10.1. The summed E-state index contributed by atoms with van der Waals surface area (Å²) < 4.78 is 0. The highest BCUT2D eigenvalue weighted by molar-refractivity contribution is 6.32. The van der Waals surface area contributed by atoms with Crippen LogP contribution < -0.4 is 5.32 Å². The highest BCUT2D eigenvalue weighted by Crippen LogP contribution is 2.23. The van der Waals surface area contributed by atoms with Crippen molar-refractivity contribution in [3.05, 3.63) is 28.8 Å². The van der Waals surface area contributed by atoms with E-state index in [-0.39, 0.29) is 22.1 Å². The van der Waals surface area contributed by atoms with Crippen LogP contribution in [0.15, 0.2) is 18.2 Å². The molecule has 0 aliphatic rings. The molecular weight excluding hydrogens is 273 g/mol. The van der Waals surface area contributed by atoms with Gasteiger partial charge in [-0.3, -0.25) is 4.79 Å². The fourth-order valence-electron chi connectivity index (χ4n) is 1.55. The largest absolute Gasteiger partial charge is 0.506 e. The Morgan fingerprint density at radius 2 is 2.11 bits per heavy atom. The molecule has 1 atom stereocenters. The minimum Gasteiger partial charge on any atom is -0.506 e. The van der Waals surface area contributed by atoms with E-state index in [0.29, 0.717) is 18.0 Å². The number of carbonyl (C=O) groups is 1. The van der Waals surface area contributed by atoms with E-state index in [1.165, 1.54) is 18.2 Å². The molecule has 1 amide bonds. The summed E-state index contributed by atoms with van der Waals surface area (Å²) >= 11 is 11.8.